The van der Waals surface area contributed by atoms with Crippen LogP contribution in [0.2, 0.25) is 0 Å². The molecule has 1 amide bonds. The number of aliphatic carboxylic acids is 1. The average molecular weight is 346 g/mol. The number of carboxylic acid groups (broad SMARTS) is 1. The zero-order chi connectivity index (χ0) is 17.9. The van der Waals surface area contributed by atoms with E-state index in [1.54, 1.807) is 7.11 Å². The second-order valence-corrected chi connectivity index (χ2v) is 7.11. The molecule has 6 heteroatoms. The van der Waals surface area contributed by atoms with Crippen LogP contribution in [-0.4, -0.2) is 73.2 Å². The smallest absolute Gasteiger partial charge is 0.311 e. The van der Waals surface area contributed by atoms with E-state index in [0.717, 1.165) is 13.0 Å². The lowest BCUT2D eigenvalue weighted by Gasteiger charge is -2.29. The van der Waals surface area contributed by atoms with Crippen molar-refractivity contribution in [3.05, 3.63) is 35.9 Å². The summed E-state index contributed by atoms with van der Waals surface area (Å²) < 4.78 is 5.14. The van der Waals surface area contributed by atoms with E-state index >= 15 is 0 Å². The number of hydrogen-bond acceptors (Lipinski definition) is 4. The van der Waals surface area contributed by atoms with Crippen LogP contribution in [-0.2, 0) is 9.53 Å². The molecule has 1 aromatic rings. The van der Waals surface area contributed by atoms with Crippen molar-refractivity contribution < 1.29 is 19.4 Å². The minimum Gasteiger partial charge on any atom is -0.481 e. The van der Waals surface area contributed by atoms with E-state index in [1.807, 2.05) is 35.2 Å². The molecule has 6 nitrogen and oxygen atoms in total. The molecule has 0 saturated carbocycles. The van der Waals surface area contributed by atoms with E-state index in [0.29, 0.717) is 44.8 Å². The fraction of sp³-hybridized carbons (Fsp3) is 0.579. The molecule has 0 aliphatic carbocycles. The number of carbonyl (C=O) groups is 2. The SMILES string of the molecule is COCCN1C[C@@H]2CN(C(=O)c3ccccc3)CCC[C@]2(C(=O)O)C1. The topological polar surface area (TPSA) is 70.1 Å². The van der Waals surface area contributed by atoms with Gasteiger partial charge in [-0.15, -0.1) is 0 Å². The Morgan fingerprint density at radius 1 is 1.28 bits per heavy atom. The molecule has 25 heavy (non-hydrogen) atoms. The molecule has 2 aliphatic heterocycles. The molecule has 0 aromatic heterocycles. The number of likely N-dealkylation sites (tertiary alicyclic amines) is 2. The van der Waals surface area contributed by atoms with Gasteiger partial charge in [-0.3, -0.25) is 14.5 Å². The van der Waals surface area contributed by atoms with Gasteiger partial charge in [0, 0.05) is 51.3 Å². The Hall–Kier alpha value is -1.92. The summed E-state index contributed by atoms with van der Waals surface area (Å²) >= 11 is 0. The van der Waals surface area contributed by atoms with Crippen LogP contribution in [0.25, 0.3) is 0 Å². The van der Waals surface area contributed by atoms with Gasteiger partial charge in [0.2, 0.25) is 0 Å². The zero-order valence-electron chi connectivity index (χ0n) is 14.7. The number of nitrogens with zero attached hydrogens (tertiary/aromatic N) is 2. The first-order chi connectivity index (χ1) is 12.1. The highest BCUT2D eigenvalue weighted by atomic mass is 16.5. The molecule has 0 spiro atoms. The van der Waals surface area contributed by atoms with E-state index in [4.69, 9.17) is 4.74 Å². The maximum absolute atomic E-state index is 12.8. The summed E-state index contributed by atoms with van der Waals surface area (Å²) in [5.74, 6) is -0.777. The van der Waals surface area contributed by atoms with E-state index in [2.05, 4.69) is 4.90 Å². The van der Waals surface area contributed by atoms with Gasteiger partial charge >= 0.3 is 5.97 Å². The number of carbonyl (C=O) groups excluding carboxylic acids is 1. The van der Waals surface area contributed by atoms with E-state index in [-0.39, 0.29) is 11.8 Å². The summed E-state index contributed by atoms with van der Waals surface area (Å²) in [6, 6.07) is 9.23. The number of benzene rings is 1. The van der Waals surface area contributed by atoms with Crippen LogP contribution in [0.5, 0.6) is 0 Å². The first-order valence-electron chi connectivity index (χ1n) is 8.86. The largest absolute Gasteiger partial charge is 0.481 e. The molecule has 2 atom stereocenters. The zero-order valence-corrected chi connectivity index (χ0v) is 14.7. The van der Waals surface area contributed by atoms with Crippen LogP contribution < -0.4 is 0 Å². The molecule has 2 aliphatic rings. The quantitative estimate of drug-likeness (QED) is 0.876. The Morgan fingerprint density at radius 3 is 2.72 bits per heavy atom. The highest BCUT2D eigenvalue weighted by Gasteiger charge is 2.53. The van der Waals surface area contributed by atoms with E-state index < -0.39 is 11.4 Å². The fourth-order valence-corrected chi connectivity index (χ4v) is 4.23. The molecule has 3 rings (SSSR count). The van der Waals surface area contributed by atoms with Gasteiger partial charge in [0.15, 0.2) is 0 Å². The average Bonchev–Trinajstić information content (AvgIpc) is 2.88. The first kappa shape index (κ1) is 17.9. The number of fused-ring (bicyclic) bond motifs is 1. The Morgan fingerprint density at radius 2 is 2.04 bits per heavy atom. The monoisotopic (exact) mass is 346 g/mol. The molecule has 0 radical (unpaired) electrons. The third-order valence-electron chi connectivity index (χ3n) is 5.60. The molecule has 0 bridgehead atoms. The van der Waals surface area contributed by atoms with E-state index in [9.17, 15) is 14.7 Å². The highest BCUT2D eigenvalue weighted by Crippen LogP contribution is 2.43. The minimum atomic E-state index is -0.751. The van der Waals surface area contributed by atoms with E-state index in [1.165, 1.54) is 0 Å². The Kier molecular flexibility index (Phi) is 5.39. The summed E-state index contributed by atoms with van der Waals surface area (Å²) in [6.07, 6.45) is 1.34. The molecule has 1 N–H and O–H groups in total. The van der Waals surface area contributed by atoms with Crippen LogP contribution in [0, 0.1) is 11.3 Å². The van der Waals surface area contributed by atoms with Crippen molar-refractivity contribution in [3.8, 4) is 0 Å². The maximum atomic E-state index is 12.8. The summed E-state index contributed by atoms with van der Waals surface area (Å²) in [5, 5.41) is 9.95. The Balaban J connectivity index is 1.78. The van der Waals surface area contributed by atoms with Gasteiger partial charge in [0.25, 0.3) is 5.91 Å². The molecule has 2 fully saturated rings. The third kappa shape index (κ3) is 3.55. The van der Waals surface area contributed by atoms with Crippen LogP contribution in [0.4, 0.5) is 0 Å². The second kappa shape index (κ2) is 7.54. The number of amides is 1. The Labute approximate surface area is 148 Å². The highest BCUT2D eigenvalue weighted by molar-refractivity contribution is 5.94. The third-order valence-corrected chi connectivity index (χ3v) is 5.60. The molecule has 2 saturated heterocycles. The molecular weight excluding hydrogens is 320 g/mol. The van der Waals surface area contributed by atoms with Gasteiger partial charge in [-0.05, 0) is 25.0 Å². The normalized spacial score (nSPS) is 26.9. The number of methoxy groups -OCH3 is 1. The van der Waals surface area contributed by atoms with Crippen LogP contribution >= 0.6 is 0 Å². The van der Waals surface area contributed by atoms with Gasteiger partial charge in [-0.25, -0.2) is 0 Å². The lowest BCUT2D eigenvalue weighted by atomic mass is 9.75. The van der Waals surface area contributed by atoms with Crippen LogP contribution in [0.1, 0.15) is 23.2 Å². The maximum Gasteiger partial charge on any atom is 0.311 e. The summed E-state index contributed by atoms with van der Waals surface area (Å²) in [6.45, 7) is 3.70. The van der Waals surface area contributed by atoms with Gasteiger partial charge in [-0.1, -0.05) is 18.2 Å². The number of rotatable bonds is 5. The molecule has 2 heterocycles. The summed E-state index contributed by atoms with van der Waals surface area (Å²) in [7, 11) is 1.65. The lowest BCUT2D eigenvalue weighted by Crippen LogP contribution is -2.42. The van der Waals surface area contributed by atoms with Crippen molar-refractivity contribution in [2.45, 2.75) is 12.8 Å². The lowest BCUT2D eigenvalue weighted by molar-refractivity contribution is -0.151. The molecule has 0 unspecified atom stereocenters. The van der Waals surface area contributed by atoms with Gasteiger partial charge in [-0.2, -0.15) is 0 Å². The van der Waals surface area contributed by atoms with Crippen LogP contribution in [0.15, 0.2) is 30.3 Å². The summed E-state index contributed by atoms with van der Waals surface area (Å²) in [5.41, 5.74) is -0.0843. The molecule has 1 aromatic carbocycles. The molecule has 136 valence electrons. The first-order valence-corrected chi connectivity index (χ1v) is 8.86. The predicted octanol–water partition coefficient (Wildman–Crippen LogP) is 1.57. The minimum absolute atomic E-state index is 0.00266. The van der Waals surface area contributed by atoms with Crippen LogP contribution in [0.3, 0.4) is 0 Å². The molecular formula is C19H26N2O4. The van der Waals surface area contributed by atoms with Gasteiger partial charge < -0.3 is 14.7 Å². The van der Waals surface area contributed by atoms with Crippen molar-refractivity contribution in [2.75, 3.05) is 46.4 Å². The van der Waals surface area contributed by atoms with Gasteiger partial charge in [0.05, 0.1) is 12.0 Å². The predicted molar refractivity (Wildman–Crippen MR) is 93.5 cm³/mol. The van der Waals surface area contributed by atoms with Crippen molar-refractivity contribution in [2.24, 2.45) is 11.3 Å². The van der Waals surface area contributed by atoms with Gasteiger partial charge in [0.1, 0.15) is 0 Å². The Bertz CT molecular complexity index is 621. The fourth-order valence-electron chi connectivity index (χ4n) is 4.23. The van der Waals surface area contributed by atoms with Crippen molar-refractivity contribution in [3.63, 3.8) is 0 Å². The number of carboxylic acids is 1. The van der Waals surface area contributed by atoms with Crippen molar-refractivity contribution in [1.29, 1.82) is 0 Å². The summed E-state index contributed by atoms with van der Waals surface area (Å²) in [4.78, 5) is 28.9. The second-order valence-electron chi connectivity index (χ2n) is 7.11. The standard InChI is InChI=1S/C19H26N2O4/c1-25-11-10-20-12-16-13-21(17(22)15-6-3-2-4-7-15)9-5-8-19(16,14-20)18(23)24/h2-4,6-7,16H,5,8-14H2,1H3,(H,23,24)/t16-,19+/m1/s1. The number of ether oxygens (including phenoxy) is 1. The number of hydrogen-bond donors (Lipinski definition) is 1. The van der Waals surface area contributed by atoms with Crippen molar-refractivity contribution in [1.82, 2.24) is 9.80 Å². The van der Waals surface area contributed by atoms with Crippen molar-refractivity contribution >= 4 is 11.9 Å².